The number of benzene rings is 3. The van der Waals surface area contributed by atoms with Crippen LogP contribution in [0.4, 0.5) is 5.69 Å². The maximum atomic E-state index is 12.4. The zero-order valence-electron chi connectivity index (χ0n) is 18.6. The van der Waals surface area contributed by atoms with Crippen molar-refractivity contribution >= 4 is 17.7 Å². The Bertz CT molecular complexity index is 1120. The fraction of sp³-hybridized carbons (Fsp3) is 0.222. The number of fused-ring (bicyclic) bond motifs is 1. The minimum absolute atomic E-state index is 0.134. The Balaban J connectivity index is 1.50. The van der Waals surface area contributed by atoms with E-state index in [4.69, 9.17) is 14.2 Å². The van der Waals surface area contributed by atoms with Gasteiger partial charge < -0.3 is 19.5 Å². The van der Waals surface area contributed by atoms with Crippen molar-refractivity contribution in [2.75, 3.05) is 11.9 Å². The van der Waals surface area contributed by atoms with Crippen LogP contribution in [-0.2, 0) is 11.4 Å². The molecule has 0 bridgehead atoms. The summed E-state index contributed by atoms with van der Waals surface area (Å²) >= 11 is 0. The molecule has 5 nitrogen and oxygen atoms in total. The van der Waals surface area contributed by atoms with Crippen molar-refractivity contribution < 1.29 is 19.0 Å². The molecular weight excluding hydrogens is 402 g/mol. The largest absolute Gasteiger partial charge is 0.485 e. The highest BCUT2D eigenvalue weighted by molar-refractivity contribution is 5.91. The topological polar surface area (TPSA) is 56.8 Å². The molecule has 0 fully saturated rings. The van der Waals surface area contributed by atoms with Gasteiger partial charge in [-0.3, -0.25) is 4.79 Å². The van der Waals surface area contributed by atoms with Gasteiger partial charge >= 0.3 is 0 Å². The molecule has 0 saturated heterocycles. The van der Waals surface area contributed by atoms with Crippen molar-refractivity contribution in [2.24, 2.45) is 0 Å². The molecule has 164 valence electrons. The molecule has 5 heteroatoms. The van der Waals surface area contributed by atoms with E-state index >= 15 is 0 Å². The van der Waals surface area contributed by atoms with E-state index in [0.29, 0.717) is 18.1 Å². The highest BCUT2D eigenvalue weighted by atomic mass is 16.5. The van der Waals surface area contributed by atoms with E-state index in [1.807, 2.05) is 99.7 Å². The first kappa shape index (κ1) is 21.5. The van der Waals surface area contributed by atoms with Gasteiger partial charge in [-0.25, -0.2) is 0 Å². The SMILES string of the molecule is Cc1ccc(NC(=O)COc2cc3c(cc2OCc2ccccc2)OC(C)(C)C=C3)cc1. The van der Waals surface area contributed by atoms with Crippen LogP contribution in [0.25, 0.3) is 6.08 Å². The summed E-state index contributed by atoms with van der Waals surface area (Å²) in [6.45, 7) is 6.24. The van der Waals surface area contributed by atoms with E-state index in [2.05, 4.69) is 5.32 Å². The summed E-state index contributed by atoms with van der Waals surface area (Å²) in [7, 11) is 0. The van der Waals surface area contributed by atoms with Gasteiger partial charge in [0.15, 0.2) is 18.1 Å². The quantitative estimate of drug-likeness (QED) is 0.518. The summed E-state index contributed by atoms with van der Waals surface area (Å²) in [5.41, 5.74) is 3.38. The first-order valence-electron chi connectivity index (χ1n) is 10.6. The molecule has 1 N–H and O–H groups in total. The van der Waals surface area contributed by atoms with Gasteiger partial charge in [0.1, 0.15) is 18.0 Å². The molecule has 32 heavy (non-hydrogen) atoms. The Morgan fingerprint density at radius 3 is 2.44 bits per heavy atom. The maximum Gasteiger partial charge on any atom is 0.262 e. The molecule has 0 radical (unpaired) electrons. The number of nitrogens with one attached hydrogen (secondary N) is 1. The third kappa shape index (κ3) is 5.49. The molecule has 3 aromatic rings. The zero-order valence-corrected chi connectivity index (χ0v) is 18.6. The van der Waals surface area contributed by atoms with E-state index in [1.165, 1.54) is 0 Å². The number of anilines is 1. The van der Waals surface area contributed by atoms with Crippen LogP contribution in [0, 0.1) is 6.92 Å². The number of aryl methyl sites for hydroxylation is 1. The maximum absolute atomic E-state index is 12.4. The highest BCUT2D eigenvalue weighted by Gasteiger charge is 2.24. The van der Waals surface area contributed by atoms with Crippen molar-refractivity contribution in [2.45, 2.75) is 33.0 Å². The standard InChI is InChI=1S/C27H27NO4/c1-19-9-11-22(12-10-19)28-26(29)18-31-24-15-21-13-14-27(2,3)32-23(21)16-25(24)30-17-20-7-5-4-6-8-20/h4-16H,17-18H2,1-3H3,(H,28,29). The Hall–Kier alpha value is -3.73. The number of hydrogen-bond donors (Lipinski definition) is 1. The van der Waals surface area contributed by atoms with Gasteiger partial charge in [-0.2, -0.15) is 0 Å². The third-order valence-corrected chi connectivity index (χ3v) is 5.04. The molecule has 0 saturated carbocycles. The van der Waals surface area contributed by atoms with E-state index in [9.17, 15) is 4.79 Å². The molecule has 0 spiro atoms. The van der Waals surface area contributed by atoms with Crippen LogP contribution in [-0.4, -0.2) is 18.1 Å². The summed E-state index contributed by atoms with van der Waals surface area (Å²) in [5.74, 6) is 1.50. The predicted octanol–water partition coefficient (Wildman–Crippen LogP) is 5.78. The molecule has 0 unspecified atom stereocenters. The minimum atomic E-state index is -0.403. The van der Waals surface area contributed by atoms with Gasteiger partial charge in [0.25, 0.3) is 5.91 Å². The second-order valence-corrected chi connectivity index (χ2v) is 8.35. The number of rotatable bonds is 7. The Morgan fingerprint density at radius 2 is 1.69 bits per heavy atom. The van der Waals surface area contributed by atoms with Crippen molar-refractivity contribution in [3.05, 3.63) is 89.5 Å². The predicted molar refractivity (Wildman–Crippen MR) is 126 cm³/mol. The lowest BCUT2D eigenvalue weighted by atomic mass is 10.0. The summed E-state index contributed by atoms with van der Waals surface area (Å²) < 4.78 is 18.0. The fourth-order valence-electron chi connectivity index (χ4n) is 3.32. The van der Waals surface area contributed by atoms with Crippen LogP contribution < -0.4 is 19.5 Å². The molecule has 1 aliphatic heterocycles. The molecule has 1 heterocycles. The van der Waals surface area contributed by atoms with Gasteiger partial charge in [-0.15, -0.1) is 0 Å². The van der Waals surface area contributed by atoms with Gasteiger partial charge in [-0.1, -0.05) is 54.1 Å². The molecule has 4 rings (SSSR count). The average Bonchev–Trinajstić information content (AvgIpc) is 2.78. The fourth-order valence-corrected chi connectivity index (χ4v) is 3.32. The summed E-state index contributed by atoms with van der Waals surface area (Å²) in [6.07, 6.45) is 3.99. The second kappa shape index (κ2) is 9.18. The number of hydrogen-bond acceptors (Lipinski definition) is 4. The molecule has 1 amide bonds. The smallest absolute Gasteiger partial charge is 0.262 e. The molecule has 3 aromatic carbocycles. The van der Waals surface area contributed by atoms with Crippen LogP contribution in [0.15, 0.2) is 72.8 Å². The lowest BCUT2D eigenvalue weighted by Gasteiger charge is -2.28. The molecule has 0 atom stereocenters. The van der Waals surface area contributed by atoms with E-state index in [0.717, 1.165) is 28.1 Å². The number of amides is 1. The number of carbonyl (C=O) groups excluding carboxylic acids is 1. The van der Waals surface area contributed by atoms with Gasteiger partial charge in [-0.05, 0) is 50.6 Å². The van der Waals surface area contributed by atoms with Crippen LogP contribution in [0.3, 0.4) is 0 Å². The number of ether oxygens (including phenoxy) is 3. The lowest BCUT2D eigenvalue weighted by Crippen LogP contribution is -2.27. The minimum Gasteiger partial charge on any atom is -0.485 e. The lowest BCUT2D eigenvalue weighted by molar-refractivity contribution is -0.118. The van der Waals surface area contributed by atoms with E-state index < -0.39 is 5.60 Å². The van der Waals surface area contributed by atoms with E-state index in [1.54, 1.807) is 0 Å². The number of carbonyl (C=O) groups is 1. The van der Waals surface area contributed by atoms with E-state index in [-0.39, 0.29) is 12.5 Å². The normalized spacial score (nSPS) is 13.6. The Morgan fingerprint density at radius 1 is 0.969 bits per heavy atom. The van der Waals surface area contributed by atoms with Crippen molar-refractivity contribution in [3.63, 3.8) is 0 Å². The highest BCUT2D eigenvalue weighted by Crippen LogP contribution is 2.40. The van der Waals surface area contributed by atoms with Gasteiger partial charge in [0.2, 0.25) is 0 Å². The van der Waals surface area contributed by atoms with Crippen molar-refractivity contribution in [1.82, 2.24) is 0 Å². The van der Waals surface area contributed by atoms with Gasteiger partial charge in [0, 0.05) is 17.3 Å². The van der Waals surface area contributed by atoms with Crippen LogP contribution in [0.2, 0.25) is 0 Å². The summed E-state index contributed by atoms with van der Waals surface area (Å²) in [6, 6.07) is 21.2. The molecule has 1 aliphatic rings. The summed E-state index contributed by atoms with van der Waals surface area (Å²) in [5, 5.41) is 2.85. The summed E-state index contributed by atoms with van der Waals surface area (Å²) in [4.78, 5) is 12.4. The third-order valence-electron chi connectivity index (χ3n) is 5.04. The molecule has 0 aromatic heterocycles. The average molecular weight is 430 g/mol. The monoisotopic (exact) mass is 429 g/mol. The van der Waals surface area contributed by atoms with Crippen LogP contribution in [0.5, 0.6) is 17.2 Å². The molecular formula is C27H27NO4. The Kier molecular flexibility index (Phi) is 6.17. The molecule has 0 aliphatic carbocycles. The van der Waals surface area contributed by atoms with Crippen molar-refractivity contribution in [1.29, 1.82) is 0 Å². The second-order valence-electron chi connectivity index (χ2n) is 8.35. The van der Waals surface area contributed by atoms with Crippen molar-refractivity contribution in [3.8, 4) is 17.2 Å². The first-order chi connectivity index (χ1) is 15.4. The Labute approximate surface area is 188 Å². The van der Waals surface area contributed by atoms with Crippen LogP contribution in [0.1, 0.15) is 30.5 Å². The first-order valence-corrected chi connectivity index (χ1v) is 10.6. The van der Waals surface area contributed by atoms with Crippen LogP contribution >= 0.6 is 0 Å². The zero-order chi connectivity index (χ0) is 22.6. The van der Waals surface area contributed by atoms with Gasteiger partial charge in [0.05, 0.1) is 0 Å².